The molecule has 1 rings (SSSR count). The smallest absolute Gasteiger partial charge is 0.335 e. The van der Waals surface area contributed by atoms with Crippen molar-refractivity contribution < 1.29 is 9.90 Å². The first-order valence-electron chi connectivity index (χ1n) is 4.82. The van der Waals surface area contributed by atoms with Gasteiger partial charge in [-0.3, -0.25) is 0 Å². The minimum absolute atomic E-state index is 0.367. The third-order valence-corrected chi connectivity index (χ3v) is 3.81. The minimum atomic E-state index is -0.860. The molecule has 0 radical (unpaired) electrons. The van der Waals surface area contributed by atoms with E-state index in [1.165, 1.54) is 4.90 Å². The van der Waals surface area contributed by atoms with E-state index < -0.39 is 5.97 Å². The average Bonchev–Trinajstić information content (AvgIpc) is 2.21. The van der Waals surface area contributed by atoms with E-state index in [4.69, 9.17) is 5.11 Å². The van der Waals surface area contributed by atoms with Crippen LogP contribution < -0.4 is 0 Å². The average molecular weight is 242 g/mol. The Bertz CT molecular complexity index is 350. The fourth-order valence-electron chi connectivity index (χ4n) is 1.18. The van der Waals surface area contributed by atoms with Crippen molar-refractivity contribution in [1.82, 2.24) is 0 Å². The van der Waals surface area contributed by atoms with Crippen LogP contribution in [-0.2, 0) is 0 Å². The second kappa shape index (κ2) is 6.08. The molecule has 1 aromatic rings. The molecule has 15 heavy (non-hydrogen) atoms. The molecule has 0 bridgehead atoms. The van der Waals surface area contributed by atoms with Crippen molar-refractivity contribution in [2.75, 3.05) is 11.5 Å². The highest BCUT2D eigenvalue weighted by molar-refractivity contribution is 8.02. The van der Waals surface area contributed by atoms with Gasteiger partial charge in [-0.2, -0.15) is 0 Å². The van der Waals surface area contributed by atoms with E-state index in [0.717, 1.165) is 16.4 Å². The van der Waals surface area contributed by atoms with Gasteiger partial charge < -0.3 is 5.11 Å². The zero-order valence-electron chi connectivity index (χ0n) is 8.82. The maximum absolute atomic E-state index is 10.8. The Balaban J connectivity index is 3.02. The molecule has 0 aliphatic heterocycles. The maximum atomic E-state index is 10.8. The Morgan fingerprint density at radius 2 is 1.80 bits per heavy atom. The lowest BCUT2D eigenvalue weighted by Crippen LogP contribution is -1.96. The van der Waals surface area contributed by atoms with Crippen molar-refractivity contribution in [3.63, 3.8) is 0 Å². The number of carboxylic acid groups (broad SMARTS) is 1. The van der Waals surface area contributed by atoms with E-state index in [1.54, 1.807) is 35.7 Å². The third-order valence-electron chi connectivity index (χ3n) is 1.79. The molecule has 0 aromatic heterocycles. The summed E-state index contributed by atoms with van der Waals surface area (Å²) in [5, 5.41) is 8.88. The Morgan fingerprint density at radius 1 is 1.20 bits per heavy atom. The number of hydrogen-bond donors (Lipinski definition) is 1. The summed E-state index contributed by atoms with van der Waals surface area (Å²) in [5.74, 6) is 1.10. The van der Waals surface area contributed by atoms with Gasteiger partial charge in [0.1, 0.15) is 0 Å². The predicted molar refractivity (Wildman–Crippen MR) is 66.2 cm³/mol. The van der Waals surface area contributed by atoms with E-state index in [0.29, 0.717) is 5.56 Å². The quantitative estimate of drug-likeness (QED) is 0.800. The highest BCUT2D eigenvalue weighted by atomic mass is 32.2. The Morgan fingerprint density at radius 3 is 2.33 bits per heavy atom. The molecule has 0 atom stereocenters. The van der Waals surface area contributed by atoms with Crippen molar-refractivity contribution in [3.05, 3.63) is 23.8 Å². The largest absolute Gasteiger partial charge is 0.478 e. The van der Waals surface area contributed by atoms with Crippen molar-refractivity contribution >= 4 is 29.5 Å². The topological polar surface area (TPSA) is 37.3 Å². The molecule has 0 heterocycles. The molecular formula is C11H14O2S2. The molecule has 4 heteroatoms. The highest BCUT2D eigenvalue weighted by Crippen LogP contribution is 2.31. The number of hydrogen-bond acceptors (Lipinski definition) is 3. The zero-order chi connectivity index (χ0) is 11.3. The van der Waals surface area contributed by atoms with Crippen LogP contribution in [0.1, 0.15) is 24.2 Å². The second-order valence-corrected chi connectivity index (χ2v) is 5.44. The lowest BCUT2D eigenvalue weighted by molar-refractivity contribution is 0.0696. The van der Waals surface area contributed by atoms with Crippen molar-refractivity contribution in [2.45, 2.75) is 23.6 Å². The SMILES string of the molecule is CCSc1ccc(C(=O)O)cc1SCC. The molecule has 1 aromatic carbocycles. The fraction of sp³-hybridized carbons (Fsp3) is 0.364. The van der Waals surface area contributed by atoms with Gasteiger partial charge in [0.15, 0.2) is 0 Å². The summed E-state index contributed by atoms with van der Waals surface area (Å²) < 4.78 is 0. The summed E-state index contributed by atoms with van der Waals surface area (Å²) in [4.78, 5) is 13.1. The second-order valence-electron chi connectivity index (χ2n) is 2.83. The van der Waals surface area contributed by atoms with E-state index in [2.05, 4.69) is 13.8 Å². The van der Waals surface area contributed by atoms with Crippen LogP contribution in [0.5, 0.6) is 0 Å². The lowest BCUT2D eigenvalue weighted by atomic mass is 10.2. The molecule has 0 aliphatic rings. The van der Waals surface area contributed by atoms with E-state index in [1.807, 2.05) is 6.07 Å². The monoisotopic (exact) mass is 242 g/mol. The van der Waals surface area contributed by atoms with Crippen molar-refractivity contribution in [1.29, 1.82) is 0 Å². The number of carbonyl (C=O) groups is 1. The van der Waals surface area contributed by atoms with E-state index in [-0.39, 0.29) is 0 Å². The fourth-order valence-corrected chi connectivity index (χ4v) is 2.95. The minimum Gasteiger partial charge on any atom is -0.478 e. The first-order chi connectivity index (χ1) is 7.19. The van der Waals surface area contributed by atoms with Gasteiger partial charge in [-0.15, -0.1) is 23.5 Å². The molecule has 0 saturated heterocycles. The van der Waals surface area contributed by atoms with Gasteiger partial charge in [-0.25, -0.2) is 4.79 Å². The molecule has 0 saturated carbocycles. The number of thioether (sulfide) groups is 2. The molecule has 82 valence electrons. The predicted octanol–water partition coefficient (Wildman–Crippen LogP) is 3.61. The van der Waals surface area contributed by atoms with Gasteiger partial charge in [0, 0.05) is 9.79 Å². The lowest BCUT2D eigenvalue weighted by Gasteiger charge is -2.07. The molecule has 0 fully saturated rings. The molecular weight excluding hydrogens is 228 g/mol. The summed E-state index contributed by atoms with van der Waals surface area (Å²) in [6.45, 7) is 4.16. The van der Waals surface area contributed by atoms with Crippen LogP contribution in [0.25, 0.3) is 0 Å². The summed E-state index contributed by atoms with van der Waals surface area (Å²) >= 11 is 3.44. The number of aromatic carboxylic acids is 1. The summed E-state index contributed by atoms with van der Waals surface area (Å²) in [6.07, 6.45) is 0. The number of rotatable bonds is 5. The first-order valence-corrected chi connectivity index (χ1v) is 6.79. The van der Waals surface area contributed by atoms with Crippen LogP contribution in [0, 0.1) is 0 Å². The van der Waals surface area contributed by atoms with Gasteiger partial charge in [0.25, 0.3) is 0 Å². The Labute approximate surface area is 98.5 Å². The molecule has 0 amide bonds. The molecule has 2 nitrogen and oxygen atoms in total. The Hall–Kier alpha value is -0.610. The van der Waals surface area contributed by atoms with E-state index >= 15 is 0 Å². The molecule has 1 N–H and O–H groups in total. The van der Waals surface area contributed by atoms with Crippen molar-refractivity contribution in [2.24, 2.45) is 0 Å². The Kier molecular flexibility index (Phi) is 5.05. The number of carboxylic acids is 1. The summed E-state index contributed by atoms with van der Waals surface area (Å²) in [5.41, 5.74) is 0.367. The summed E-state index contributed by atoms with van der Waals surface area (Å²) in [7, 11) is 0. The zero-order valence-corrected chi connectivity index (χ0v) is 10.5. The van der Waals surface area contributed by atoms with Crippen LogP contribution >= 0.6 is 23.5 Å². The van der Waals surface area contributed by atoms with Crippen LogP contribution in [0.15, 0.2) is 28.0 Å². The highest BCUT2D eigenvalue weighted by Gasteiger charge is 2.08. The van der Waals surface area contributed by atoms with Crippen LogP contribution in [0.2, 0.25) is 0 Å². The molecule has 0 aliphatic carbocycles. The maximum Gasteiger partial charge on any atom is 0.335 e. The van der Waals surface area contributed by atoms with E-state index in [9.17, 15) is 4.79 Å². The van der Waals surface area contributed by atoms with Gasteiger partial charge in [0.2, 0.25) is 0 Å². The van der Waals surface area contributed by atoms with Gasteiger partial charge in [-0.1, -0.05) is 13.8 Å². The molecule has 0 spiro atoms. The normalized spacial score (nSPS) is 10.3. The summed E-state index contributed by atoms with van der Waals surface area (Å²) in [6, 6.07) is 5.32. The molecule has 0 unspecified atom stereocenters. The van der Waals surface area contributed by atoms with Gasteiger partial charge in [-0.05, 0) is 29.7 Å². The van der Waals surface area contributed by atoms with Crippen molar-refractivity contribution in [3.8, 4) is 0 Å². The number of benzene rings is 1. The van der Waals surface area contributed by atoms with Crippen LogP contribution in [-0.4, -0.2) is 22.6 Å². The standard InChI is InChI=1S/C11H14O2S2/c1-3-14-9-6-5-8(11(12)13)7-10(9)15-4-2/h5-7H,3-4H2,1-2H3,(H,12,13). The van der Waals surface area contributed by atoms with Gasteiger partial charge in [0.05, 0.1) is 5.56 Å². The van der Waals surface area contributed by atoms with Crippen LogP contribution in [0.3, 0.4) is 0 Å². The van der Waals surface area contributed by atoms with Gasteiger partial charge >= 0.3 is 5.97 Å². The first kappa shape index (κ1) is 12.5. The van der Waals surface area contributed by atoms with Crippen LogP contribution in [0.4, 0.5) is 0 Å². The third kappa shape index (κ3) is 3.47.